The number of hydrogen-bond acceptors (Lipinski definition) is 4. The van der Waals surface area contributed by atoms with E-state index in [1.807, 2.05) is 6.92 Å². The van der Waals surface area contributed by atoms with Gasteiger partial charge >= 0.3 is 0 Å². The fraction of sp³-hybridized carbons (Fsp3) is 0.391. The summed E-state index contributed by atoms with van der Waals surface area (Å²) in [6.07, 6.45) is 5.43. The van der Waals surface area contributed by atoms with Crippen molar-refractivity contribution >= 4 is 17.1 Å². The first kappa shape index (κ1) is 18.5. The summed E-state index contributed by atoms with van der Waals surface area (Å²) in [6.45, 7) is 8.30. The van der Waals surface area contributed by atoms with E-state index in [1.165, 1.54) is 11.3 Å². The van der Waals surface area contributed by atoms with Crippen molar-refractivity contribution in [2.24, 2.45) is 5.92 Å². The zero-order valence-corrected chi connectivity index (χ0v) is 16.7. The Morgan fingerprint density at radius 1 is 1.18 bits per heavy atom. The predicted octanol–water partition coefficient (Wildman–Crippen LogP) is 5.58. The zero-order valence-electron chi connectivity index (χ0n) is 16.7. The van der Waals surface area contributed by atoms with E-state index in [9.17, 15) is 10.1 Å². The smallest absolute Gasteiger partial charge is 0.270 e. The maximum atomic E-state index is 11.3. The van der Waals surface area contributed by atoms with E-state index >= 15 is 0 Å². The lowest BCUT2D eigenvalue weighted by molar-refractivity contribution is -0.385. The van der Waals surface area contributed by atoms with E-state index in [0.29, 0.717) is 5.92 Å². The van der Waals surface area contributed by atoms with Crippen LogP contribution in [0.25, 0.3) is 0 Å². The summed E-state index contributed by atoms with van der Waals surface area (Å²) in [5.74, 6) is 0.607. The van der Waals surface area contributed by atoms with E-state index in [-0.39, 0.29) is 22.6 Å². The van der Waals surface area contributed by atoms with E-state index in [4.69, 9.17) is 0 Å². The molecule has 3 unspecified atom stereocenters. The van der Waals surface area contributed by atoms with Gasteiger partial charge in [0.1, 0.15) is 0 Å². The highest BCUT2D eigenvalue weighted by molar-refractivity contribution is 5.67. The topological polar surface area (TPSA) is 58.4 Å². The standard InChI is InChI=1S/C23H27N3O2/c1-4-25(5-2)17-11-9-16(10-12-17)23-20-8-6-7-19(20)21-14-18(26(27)28)13-15(3)22(21)24-23/h6-7,9-14,19-20,23-24H,4-5,8H2,1-3H3. The number of benzene rings is 2. The summed E-state index contributed by atoms with van der Waals surface area (Å²) in [7, 11) is 0. The van der Waals surface area contributed by atoms with E-state index in [0.717, 1.165) is 36.3 Å². The van der Waals surface area contributed by atoms with Gasteiger partial charge in [0.05, 0.1) is 11.0 Å². The van der Waals surface area contributed by atoms with Crippen molar-refractivity contribution in [3.05, 3.63) is 75.4 Å². The number of nitro benzene ring substituents is 1. The number of fused-ring (bicyclic) bond motifs is 3. The molecule has 3 atom stereocenters. The second-order valence-corrected chi connectivity index (χ2v) is 7.72. The maximum Gasteiger partial charge on any atom is 0.270 e. The number of nitrogens with zero attached hydrogens (tertiary/aromatic N) is 2. The number of nitro groups is 1. The highest BCUT2D eigenvalue weighted by Crippen LogP contribution is 2.51. The monoisotopic (exact) mass is 377 g/mol. The highest BCUT2D eigenvalue weighted by atomic mass is 16.6. The molecule has 2 aromatic carbocycles. The normalized spacial score (nSPS) is 22.3. The molecule has 0 radical (unpaired) electrons. The van der Waals surface area contributed by atoms with Crippen LogP contribution in [-0.4, -0.2) is 18.0 Å². The first-order chi connectivity index (χ1) is 13.5. The number of hydrogen-bond donors (Lipinski definition) is 1. The van der Waals surface area contributed by atoms with Crippen molar-refractivity contribution in [3.8, 4) is 0 Å². The molecule has 0 bridgehead atoms. The van der Waals surface area contributed by atoms with Gasteiger partial charge in [-0.1, -0.05) is 24.3 Å². The molecule has 5 heteroatoms. The molecule has 1 N–H and O–H groups in total. The summed E-state index contributed by atoms with van der Waals surface area (Å²) in [5, 5.41) is 15.0. The third-order valence-electron chi connectivity index (χ3n) is 6.24. The van der Waals surface area contributed by atoms with E-state index in [1.54, 1.807) is 12.1 Å². The highest BCUT2D eigenvalue weighted by Gasteiger charge is 2.39. The quantitative estimate of drug-likeness (QED) is 0.420. The third-order valence-corrected chi connectivity index (χ3v) is 6.24. The van der Waals surface area contributed by atoms with Gasteiger partial charge in [0, 0.05) is 42.5 Å². The van der Waals surface area contributed by atoms with Crippen LogP contribution in [0.15, 0.2) is 48.6 Å². The molecule has 0 aromatic heterocycles. The molecule has 4 rings (SSSR count). The van der Waals surface area contributed by atoms with E-state index < -0.39 is 0 Å². The number of aryl methyl sites for hydroxylation is 1. The molecule has 0 spiro atoms. The maximum absolute atomic E-state index is 11.3. The van der Waals surface area contributed by atoms with Crippen LogP contribution in [0.3, 0.4) is 0 Å². The van der Waals surface area contributed by atoms with Gasteiger partial charge in [-0.25, -0.2) is 0 Å². The SMILES string of the molecule is CCN(CC)c1ccc(C2Nc3c(C)cc([N+](=O)[O-])cc3C3C=CCC32)cc1. The molecule has 0 saturated heterocycles. The van der Waals surface area contributed by atoms with Crippen molar-refractivity contribution in [1.29, 1.82) is 0 Å². The van der Waals surface area contributed by atoms with Crippen LogP contribution in [0.5, 0.6) is 0 Å². The molecule has 2 aliphatic rings. The molecule has 1 aliphatic carbocycles. The minimum Gasteiger partial charge on any atom is -0.377 e. The first-order valence-electron chi connectivity index (χ1n) is 10.1. The van der Waals surface area contributed by atoms with Gasteiger partial charge in [-0.3, -0.25) is 10.1 Å². The van der Waals surface area contributed by atoms with Crippen LogP contribution in [0.4, 0.5) is 17.1 Å². The van der Waals surface area contributed by atoms with Crippen molar-refractivity contribution in [2.75, 3.05) is 23.3 Å². The van der Waals surface area contributed by atoms with Crippen molar-refractivity contribution in [2.45, 2.75) is 39.2 Å². The van der Waals surface area contributed by atoms with Gasteiger partial charge in [-0.2, -0.15) is 0 Å². The van der Waals surface area contributed by atoms with Crippen LogP contribution in [0, 0.1) is 23.0 Å². The summed E-state index contributed by atoms with van der Waals surface area (Å²) >= 11 is 0. The fourth-order valence-corrected chi connectivity index (χ4v) is 4.78. The molecule has 2 aromatic rings. The minimum absolute atomic E-state index is 0.180. The van der Waals surface area contributed by atoms with Gasteiger partial charge in [-0.05, 0) is 61.9 Å². The Labute approximate surface area is 166 Å². The molecular formula is C23H27N3O2. The minimum atomic E-state index is -0.293. The molecule has 1 aliphatic heterocycles. The number of non-ortho nitro benzene ring substituents is 1. The van der Waals surface area contributed by atoms with Crippen molar-refractivity contribution in [1.82, 2.24) is 0 Å². The number of nitrogens with one attached hydrogen (secondary N) is 1. The lowest BCUT2D eigenvalue weighted by Gasteiger charge is -2.38. The predicted molar refractivity (Wildman–Crippen MR) is 114 cm³/mol. The van der Waals surface area contributed by atoms with Crippen molar-refractivity contribution in [3.63, 3.8) is 0 Å². The van der Waals surface area contributed by atoms with Gasteiger partial charge in [0.2, 0.25) is 0 Å². The van der Waals surface area contributed by atoms with Gasteiger partial charge < -0.3 is 10.2 Å². The van der Waals surface area contributed by atoms with Crippen LogP contribution < -0.4 is 10.2 Å². The Hall–Kier alpha value is -2.82. The Morgan fingerprint density at radius 3 is 2.54 bits per heavy atom. The Bertz CT molecular complexity index is 916. The molecular weight excluding hydrogens is 350 g/mol. The van der Waals surface area contributed by atoms with Gasteiger partial charge in [-0.15, -0.1) is 0 Å². The molecule has 5 nitrogen and oxygen atoms in total. The molecule has 0 amide bonds. The van der Waals surface area contributed by atoms with Crippen LogP contribution in [-0.2, 0) is 0 Å². The largest absolute Gasteiger partial charge is 0.377 e. The average molecular weight is 377 g/mol. The second-order valence-electron chi connectivity index (χ2n) is 7.72. The Balaban J connectivity index is 1.71. The van der Waals surface area contributed by atoms with E-state index in [2.05, 4.69) is 60.5 Å². The zero-order chi connectivity index (χ0) is 19.8. The number of allylic oxidation sites excluding steroid dienone is 2. The van der Waals surface area contributed by atoms with Crippen LogP contribution >= 0.6 is 0 Å². The summed E-state index contributed by atoms with van der Waals surface area (Å²) in [4.78, 5) is 13.4. The van der Waals surface area contributed by atoms with Gasteiger partial charge in [0.15, 0.2) is 0 Å². The average Bonchev–Trinajstić information content (AvgIpc) is 3.19. The number of rotatable bonds is 5. The van der Waals surface area contributed by atoms with Gasteiger partial charge in [0.25, 0.3) is 5.69 Å². The summed E-state index contributed by atoms with van der Waals surface area (Å²) in [5.41, 5.74) is 5.75. The van der Waals surface area contributed by atoms with Crippen molar-refractivity contribution < 1.29 is 4.92 Å². The van der Waals surface area contributed by atoms with Crippen LogP contribution in [0.1, 0.15) is 48.9 Å². The Morgan fingerprint density at radius 2 is 1.89 bits per heavy atom. The lowest BCUT2D eigenvalue weighted by atomic mass is 9.76. The number of anilines is 2. The first-order valence-corrected chi connectivity index (χ1v) is 10.1. The molecule has 146 valence electrons. The second kappa shape index (κ2) is 7.30. The molecule has 1 heterocycles. The Kier molecular flexibility index (Phi) is 4.84. The third kappa shape index (κ3) is 3.05. The fourth-order valence-electron chi connectivity index (χ4n) is 4.78. The molecule has 0 fully saturated rings. The van der Waals surface area contributed by atoms with Crippen LogP contribution in [0.2, 0.25) is 0 Å². The molecule has 0 saturated carbocycles. The lowest BCUT2D eigenvalue weighted by Crippen LogP contribution is -2.29. The summed E-state index contributed by atoms with van der Waals surface area (Å²) in [6, 6.07) is 12.5. The summed E-state index contributed by atoms with van der Waals surface area (Å²) < 4.78 is 0. The molecule has 28 heavy (non-hydrogen) atoms.